The summed E-state index contributed by atoms with van der Waals surface area (Å²) in [5, 5.41) is 0.513. The average Bonchev–Trinajstić information content (AvgIpc) is 2.54. The number of hydrogen-bond donors (Lipinski definition) is 0. The number of halogens is 2. The second-order valence-corrected chi connectivity index (χ2v) is 5.24. The van der Waals surface area contributed by atoms with Gasteiger partial charge in [-0.15, -0.1) is 0 Å². The van der Waals surface area contributed by atoms with Crippen molar-refractivity contribution >= 4 is 29.4 Å². The molecule has 0 amide bonds. The lowest BCUT2D eigenvalue weighted by Gasteiger charge is -2.10. The Morgan fingerprint density at radius 3 is 2.43 bits per heavy atom. The molecule has 0 aromatic heterocycles. The maximum atomic E-state index is 13.4. The third kappa shape index (κ3) is 4.76. The summed E-state index contributed by atoms with van der Waals surface area (Å²) in [5.41, 5.74) is 0.661. The van der Waals surface area contributed by atoms with E-state index in [2.05, 4.69) is 0 Å². The van der Waals surface area contributed by atoms with Crippen LogP contribution in [0.3, 0.4) is 0 Å². The lowest BCUT2D eigenvalue weighted by molar-refractivity contribution is -0.140. The molecule has 118 valence electrons. The molecule has 0 saturated heterocycles. The van der Waals surface area contributed by atoms with Gasteiger partial charge < -0.3 is 4.74 Å². The standard InChI is InChI=1S/C18H14ClFO3/c1-12(18(22)14-6-9-15(19)10-7-14)23-17(21)11-8-13-4-2-3-5-16(13)20/h2-12H,1H3/b11-8+/t12-/m0/s1. The minimum absolute atomic E-state index is 0.265. The smallest absolute Gasteiger partial charge is 0.331 e. The van der Waals surface area contributed by atoms with Crippen molar-refractivity contribution in [2.45, 2.75) is 13.0 Å². The number of hydrogen-bond acceptors (Lipinski definition) is 3. The maximum Gasteiger partial charge on any atom is 0.331 e. The monoisotopic (exact) mass is 332 g/mol. The van der Waals surface area contributed by atoms with Crippen LogP contribution in [0, 0.1) is 5.82 Å². The minimum atomic E-state index is -0.950. The molecule has 23 heavy (non-hydrogen) atoms. The van der Waals surface area contributed by atoms with Gasteiger partial charge in [-0.3, -0.25) is 4.79 Å². The Morgan fingerprint density at radius 1 is 1.13 bits per heavy atom. The molecular weight excluding hydrogens is 319 g/mol. The molecule has 0 fully saturated rings. The summed E-state index contributed by atoms with van der Waals surface area (Å²) in [6.45, 7) is 1.48. The van der Waals surface area contributed by atoms with Crippen molar-refractivity contribution in [1.82, 2.24) is 0 Å². The summed E-state index contributed by atoms with van der Waals surface area (Å²) in [6, 6.07) is 12.3. The van der Waals surface area contributed by atoms with Gasteiger partial charge in [0.15, 0.2) is 6.10 Å². The van der Waals surface area contributed by atoms with Crippen LogP contribution in [0.4, 0.5) is 4.39 Å². The van der Waals surface area contributed by atoms with Crippen molar-refractivity contribution in [3.63, 3.8) is 0 Å². The predicted octanol–water partition coefficient (Wildman–Crippen LogP) is 4.31. The number of Topliss-reactive ketones (excluding diaryl/α,β-unsaturated/α-hetero) is 1. The van der Waals surface area contributed by atoms with Gasteiger partial charge >= 0.3 is 5.97 Å². The van der Waals surface area contributed by atoms with Gasteiger partial charge in [0.25, 0.3) is 0 Å². The molecular formula is C18H14ClFO3. The lowest BCUT2D eigenvalue weighted by Crippen LogP contribution is -2.23. The van der Waals surface area contributed by atoms with Crippen LogP contribution in [0.5, 0.6) is 0 Å². The van der Waals surface area contributed by atoms with Crippen molar-refractivity contribution in [3.05, 3.63) is 76.6 Å². The molecule has 0 N–H and O–H groups in total. The molecule has 0 radical (unpaired) electrons. The van der Waals surface area contributed by atoms with E-state index in [-0.39, 0.29) is 11.3 Å². The minimum Gasteiger partial charge on any atom is -0.451 e. The van der Waals surface area contributed by atoms with E-state index < -0.39 is 17.9 Å². The maximum absolute atomic E-state index is 13.4. The zero-order valence-corrected chi connectivity index (χ0v) is 13.1. The van der Waals surface area contributed by atoms with Crippen molar-refractivity contribution in [3.8, 4) is 0 Å². The molecule has 0 saturated carbocycles. The number of rotatable bonds is 5. The van der Waals surface area contributed by atoms with E-state index in [0.29, 0.717) is 10.6 Å². The van der Waals surface area contributed by atoms with Crippen LogP contribution < -0.4 is 0 Å². The van der Waals surface area contributed by atoms with Gasteiger partial charge in [-0.05, 0) is 43.3 Å². The average molecular weight is 333 g/mol. The predicted molar refractivity (Wildman–Crippen MR) is 86.8 cm³/mol. The second kappa shape index (κ2) is 7.70. The first-order chi connectivity index (χ1) is 11.0. The first kappa shape index (κ1) is 16.9. The highest BCUT2D eigenvalue weighted by molar-refractivity contribution is 6.30. The summed E-state index contributed by atoms with van der Waals surface area (Å²) in [7, 11) is 0. The summed E-state index contributed by atoms with van der Waals surface area (Å²) < 4.78 is 18.4. The molecule has 0 aliphatic carbocycles. The lowest BCUT2D eigenvalue weighted by atomic mass is 10.1. The highest BCUT2D eigenvalue weighted by Crippen LogP contribution is 2.13. The third-order valence-electron chi connectivity index (χ3n) is 3.10. The van der Waals surface area contributed by atoms with Crippen LogP contribution in [-0.4, -0.2) is 17.9 Å². The number of benzene rings is 2. The molecule has 5 heteroatoms. The number of ether oxygens (including phenoxy) is 1. The van der Waals surface area contributed by atoms with Gasteiger partial charge in [-0.2, -0.15) is 0 Å². The van der Waals surface area contributed by atoms with Crippen molar-refractivity contribution in [2.24, 2.45) is 0 Å². The Morgan fingerprint density at radius 2 is 1.78 bits per heavy atom. The Balaban J connectivity index is 1.98. The number of esters is 1. The van der Waals surface area contributed by atoms with Crippen molar-refractivity contribution in [2.75, 3.05) is 0 Å². The van der Waals surface area contributed by atoms with Crippen LogP contribution in [0.25, 0.3) is 6.08 Å². The third-order valence-corrected chi connectivity index (χ3v) is 3.35. The largest absolute Gasteiger partial charge is 0.451 e. The Labute approximate surface area is 138 Å². The van der Waals surface area contributed by atoms with Gasteiger partial charge in [0.1, 0.15) is 5.82 Å². The van der Waals surface area contributed by atoms with E-state index in [1.165, 1.54) is 25.1 Å². The van der Waals surface area contributed by atoms with Crippen LogP contribution in [-0.2, 0) is 9.53 Å². The molecule has 2 aromatic rings. The van der Waals surface area contributed by atoms with Crippen LogP contribution in [0.2, 0.25) is 5.02 Å². The quantitative estimate of drug-likeness (QED) is 0.465. The summed E-state index contributed by atoms with van der Waals surface area (Å²) in [6.07, 6.45) is 1.44. The fraction of sp³-hybridized carbons (Fsp3) is 0.111. The molecule has 0 spiro atoms. The summed E-state index contributed by atoms with van der Waals surface area (Å²) in [5.74, 6) is -1.50. The zero-order valence-electron chi connectivity index (χ0n) is 12.3. The fourth-order valence-electron chi connectivity index (χ4n) is 1.88. The highest BCUT2D eigenvalue weighted by Gasteiger charge is 2.18. The molecule has 0 aliphatic rings. The molecule has 3 nitrogen and oxygen atoms in total. The van der Waals surface area contributed by atoms with Crippen molar-refractivity contribution in [1.29, 1.82) is 0 Å². The van der Waals surface area contributed by atoms with E-state index in [9.17, 15) is 14.0 Å². The van der Waals surface area contributed by atoms with Gasteiger partial charge in [0.2, 0.25) is 5.78 Å². The van der Waals surface area contributed by atoms with E-state index in [1.807, 2.05) is 0 Å². The number of carbonyl (C=O) groups is 2. The van der Waals surface area contributed by atoms with Crippen molar-refractivity contribution < 1.29 is 18.7 Å². The van der Waals surface area contributed by atoms with E-state index in [1.54, 1.807) is 36.4 Å². The Kier molecular flexibility index (Phi) is 5.66. The molecule has 0 aliphatic heterocycles. The molecule has 0 unspecified atom stereocenters. The SMILES string of the molecule is C[C@H](OC(=O)/C=C/c1ccccc1F)C(=O)c1ccc(Cl)cc1. The van der Waals surface area contributed by atoms with E-state index in [0.717, 1.165) is 6.08 Å². The topological polar surface area (TPSA) is 43.4 Å². The first-order valence-electron chi connectivity index (χ1n) is 6.90. The molecule has 1 atom stereocenters. The molecule has 2 aromatic carbocycles. The van der Waals surface area contributed by atoms with Crippen LogP contribution >= 0.6 is 11.6 Å². The van der Waals surface area contributed by atoms with Gasteiger partial charge in [-0.1, -0.05) is 29.8 Å². The Hall–Kier alpha value is -2.46. The molecule has 0 heterocycles. The van der Waals surface area contributed by atoms with Gasteiger partial charge in [-0.25, -0.2) is 9.18 Å². The number of carbonyl (C=O) groups excluding carboxylic acids is 2. The Bertz CT molecular complexity index is 738. The van der Waals surface area contributed by atoms with Crippen LogP contribution in [0.15, 0.2) is 54.6 Å². The highest BCUT2D eigenvalue weighted by atomic mass is 35.5. The number of ketones is 1. The fourth-order valence-corrected chi connectivity index (χ4v) is 2.01. The summed E-state index contributed by atoms with van der Waals surface area (Å²) >= 11 is 5.76. The summed E-state index contributed by atoms with van der Waals surface area (Å²) in [4.78, 5) is 23.8. The molecule has 2 rings (SSSR count). The first-order valence-corrected chi connectivity index (χ1v) is 7.28. The molecule has 0 bridgehead atoms. The van der Waals surface area contributed by atoms with Crippen LogP contribution in [0.1, 0.15) is 22.8 Å². The normalized spacial score (nSPS) is 12.1. The van der Waals surface area contributed by atoms with E-state index in [4.69, 9.17) is 16.3 Å². The second-order valence-electron chi connectivity index (χ2n) is 4.81. The van der Waals surface area contributed by atoms with Gasteiger partial charge in [0, 0.05) is 22.2 Å². The van der Waals surface area contributed by atoms with E-state index >= 15 is 0 Å². The van der Waals surface area contributed by atoms with Gasteiger partial charge in [0.05, 0.1) is 0 Å². The zero-order chi connectivity index (χ0) is 16.8.